The van der Waals surface area contributed by atoms with Crippen LogP contribution in [0.3, 0.4) is 0 Å². The van der Waals surface area contributed by atoms with Crippen LogP contribution in [0.15, 0.2) is 34.4 Å². The molecule has 7 aliphatic rings. The maximum atomic E-state index is 14.0. The number of carbonyl (C=O) groups is 2. The Kier molecular flexibility index (Phi) is 9.51. The molecule has 6 aliphatic carbocycles. The molecule has 290 valence electrons. The van der Waals surface area contributed by atoms with Crippen molar-refractivity contribution in [1.82, 2.24) is 10.2 Å². The first-order valence-electron chi connectivity index (χ1n) is 20.4. The van der Waals surface area contributed by atoms with Gasteiger partial charge in [-0.3, -0.25) is 9.59 Å². The minimum absolute atomic E-state index is 0.0632. The minimum Gasteiger partial charge on any atom is -0.481 e. The van der Waals surface area contributed by atoms with Crippen molar-refractivity contribution in [1.29, 1.82) is 0 Å². The Labute approximate surface area is 312 Å². The second-order valence-electron chi connectivity index (χ2n) is 19.9. The number of allylic oxidation sites excluding steroid dienone is 5. The lowest BCUT2D eigenvalue weighted by atomic mass is 9.33. The molecule has 0 aromatic rings. The van der Waals surface area contributed by atoms with Crippen LogP contribution in [-0.2, 0) is 19.4 Å². The summed E-state index contributed by atoms with van der Waals surface area (Å²) in [7, 11) is -2.92. The molecule has 0 spiro atoms. The maximum Gasteiger partial charge on any atom is 0.312 e. The van der Waals surface area contributed by atoms with E-state index in [4.69, 9.17) is 0 Å². The molecule has 52 heavy (non-hydrogen) atoms. The van der Waals surface area contributed by atoms with Crippen molar-refractivity contribution < 1.29 is 27.5 Å². The highest BCUT2D eigenvalue weighted by molar-refractivity contribution is 7.91. The number of nitrogens with zero attached hydrogens (tertiary/aromatic N) is 1. The molecule has 0 aromatic heterocycles. The fourth-order valence-corrected chi connectivity index (χ4v) is 15.2. The molecular weight excluding hydrogens is 676 g/mol. The fourth-order valence-electron chi connectivity index (χ4n) is 13.9. The monoisotopic (exact) mass is 740 g/mol. The number of nitrogens with one attached hydrogen (secondary N) is 1. The van der Waals surface area contributed by atoms with E-state index in [1.165, 1.54) is 23.1 Å². The smallest absolute Gasteiger partial charge is 0.312 e. The Morgan fingerprint density at radius 2 is 1.67 bits per heavy atom. The molecule has 1 aliphatic heterocycles. The molecule has 0 radical (unpaired) electrons. The van der Waals surface area contributed by atoms with Gasteiger partial charge in [0.05, 0.1) is 16.9 Å². The normalized spacial score (nSPS) is 42.9. The predicted octanol–water partition coefficient (Wildman–Crippen LogP) is 7.73. The summed E-state index contributed by atoms with van der Waals surface area (Å²) in [5.41, 5.74) is 3.80. The average molecular weight is 741 g/mol. The van der Waals surface area contributed by atoms with Gasteiger partial charge in [-0.15, -0.1) is 0 Å². The highest BCUT2D eigenvalue weighted by Gasteiger charge is 2.69. The van der Waals surface area contributed by atoms with Crippen molar-refractivity contribution in [2.75, 3.05) is 44.4 Å². The topological polar surface area (TPSA) is 104 Å². The molecule has 3 saturated carbocycles. The first kappa shape index (κ1) is 38.4. The zero-order valence-electron chi connectivity index (χ0n) is 33.0. The minimum atomic E-state index is -2.92. The van der Waals surface area contributed by atoms with Crippen LogP contribution >= 0.6 is 0 Å². The van der Waals surface area contributed by atoms with Crippen molar-refractivity contribution in [3.05, 3.63) is 34.4 Å². The van der Waals surface area contributed by atoms with Crippen molar-refractivity contribution >= 4 is 21.6 Å². The van der Waals surface area contributed by atoms with Crippen LogP contribution in [0.25, 0.3) is 0 Å². The third kappa shape index (κ3) is 5.61. The van der Waals surface area contributed by atoms with Crippen molar-refractivity contribution in [2.45, 2.75) is 125 Å². The fraction of sp³-hybridized carbons (Fsp3) is 0.814. The van der Waals surface area contributed by atoms with Crippen LogP contribution in [0.5, 0.6) is 0 Å². The summed E-state index contributed by atoms with van der Waals surface area (Å²) in [6.45, 7) is 18.9. The van der Waals surface area contributed by atoms with E-state index in [-0.39, 0.29) is 51.0 Å². The van der Waals surface area contributed by atoms with Gasteiger partial charge in [0.1, 0.15) is 6.67 Å². The number of alkyl halides is 1. The maximum absolute atomic E-state index is 14.0. The van der Waals surface area contributed by atoms with E-state index in [1.807, 2.05) is 0 Å². The van der Waals surface area contributed by atoms with Gasteiger partial charge in [-0.25, -0.2) is 12.8 Å². The van der Waals surface area contributed by atoms with Gasteiger partial charge in [-0.2, -0.15) is 0 Å². The summed E-state index contributed by atoms with van der Waals surface area (Å²) in [4.78, 5) is 28.2. The van der Waals surface area contributed by atoms with Crippen LogP contribution in [0, 0.1) is 50.7 Å². The van der Waals surface area contributed by atoms with Crippen molar-refractivity contribution in [2.24, 2.45) is 50.7 Å². The predicted molar refractivity (Wildman–Crippen MR) is 204 cm³/mol. The number of hydrogen-bond acceptors (Lipinski definition) is 6. The molecule has 4 fully saturated rings. The Morgan fingerprint density at radius 1 is 0.962 bits per heavy atom. The first-order chi connectivity index (χ1) is 24.3. The molecule has 1 saturated heterocycles. The van der Waals surface area contributed by atoms with Gasteiger partial charge in [-0.05, 0) is 132 Å². The lowest BCUT2D eigenvalue weighted by molar-refractivity contribution is -0.196. The highest BCUT2D eigenvalue weighted by Crippen LogP contribution is 2.76. The molecule has 8 atom stereocenters. The molecule has 7 rings (SSSR count). The van der Waals surface area contributed by atoms with E-state index in [0.29, 0.717) is 55.9 Å². The Bertz CT molecular complexity index is 1700. The summed E-state index contributed by atoms with van der Waals surface area (Å²) in [6, 6.07) is 0. The van der Waals surface area contributed by atoms with Crippen molar-refractivity contribution in [3.63, 3.8) is 0 Å². The number of fused-ring (bicyclic) bond motifs is 7. The van der Waals surface area contributed by atoms with Gasteiger partial charge in [-0.1, -0.05) is 60.6 Å². The summed E-state index contributed by atoms with van der Waals surface area (Å²) in [5, 5.41) is 13.8. The van der Waals surface area contributed by atoms with E-state index in [2.05, 4.69) is 70.8 Å². The van der Waals surface area contributed by atoms with Crippen LogP contribution in [0.4, 0.5) is 4.39 Å². The number of Topliss-reactive ketones (excluding diaryl/α,β-unsaturated/α-hetero) is 1. The van der Waals surface area contributed by atoms with E-state index < -0.39 is 27.9 Å². The number of ketones is 1. The van der Waals surface area contributed by atoms with Gasteiger partial charge in [0.15, 0.2) is 15.6 Å². The molecule has 1 heterocycles. The molecule has 9 heteroatoms. The zero-order chi connectivity index (χ0) is 37.7. The zero-order valence-corrected chi connectivity index (χ0v) is 33.8. The third-order valence-electron chi connectivity index (χ3n) is 17.0. The number of aliphatic carboxylic acids is 1. The molecular formula is C43H65FN2O5S. The molecule has 2 N–H and O–H groups in total. The third-order valence-corrected chi connectivity index (χ3v) is 18.6. The average Bonchev–Trinajstić information content (AvgIpc) is 3.38. The number of halogens is 1. The van der Waals surface area contributed by atoms with Gasteiger partial charge in [0, 0.05) is 38.1 Å². The Hall–Kier alpha value is -1.84. The van der Waals surface area contributed by atoms with Crippen LogP contribution in [0.2, 0.25) is 0 Å². The summed E-state index contributed by atoms with van der Waals surface area (Å²) in [5.74, 6) is 1.37. The van der Waals surface area contributed by atoms with E-state index in [1.54, 1.807) is 0 Å². The van der Waals surface area contributed by atoms with Gasteiger partial charge in [0.25, 0.3) is 0 Å². The quantitative estimate of drug-likeness (QED) is 0.263. The molecule has 0 amide bonds. The van der Waals surface area contributed by atoms with Gasteiger partial charge in [0.2, 0.25) is 0 Å². The van der Waals surface area contributed by atoms with Crippen LogP contribution in [-0.4, -0.2) is 80.1 Å². The summed E-state index contributed by atoms with van der Waals surface area (Å²) < 4.78 is 38.0. The second kappa shape index (κ2) is 12.9. The highest BCUT2D eigenvalue weighted by atomic mass is 32.2. The number of sulfone groups is 1. The standard InChI is InChI=1S/C43H65FN2O5S/c1-28(2)35-32(47)26-43(45-20-21-46-22-24-52(50,51)25-23-46)19-18-40(6)31(36(35)43)8-9-34-39(5)14-12-30(38(3,4)33(39)13-15-41(34,40)7)29-10-16-42(27-44,17-11-29)37(48)49/h10,12,28,31,33-34,45H,8-9,11,13-27H2,1-7H3,(H,48,49)/t31?,33?,34?,39-,40+,41+,42-,43+/m0/s1. The first-order valence-corrected chi connectivity index (χ1v) is 22.3. The molecule has 3 unspecified atom stereocenters. The molecule has 7 nitrogen and oxygen atoms in total. The van der Waals surface area contributed by atoms with E-state index in [9.17, 15) is 27.5 Å². The number of carbonyl (C=O) groups excluding carboxylic acids is 1. The second-order valence-corrected chi connectivity index (χ2v) is 22.2. The molecule has 0 bridgehead atoms. The number of rotatable bonds is 8. The lowest BCUT2D eigenvalue weighted by Gasteiger charge is -2.71. The number of carboxylic acid groups (broad SMARTS) is 1. The summed E-state index contributed by atoms with van der Waals surface area (Å²) >= 11 is 0. The number of hydrogen-bond donors (Lipinski definition) is 2. The van der Waals surface area contributed by atoms with Crippen LogP contribution < -0.4 is 5.32 Å². The SMILES string of the molecule is CC(C)C1=C2C3CCC4[C@@]5(C)CC=C(C6=CC[C@](CF)(C(=O)O)CC6)C(C)(C)C5CC[C@@]4(C)[C@]3(C)CC[C@@]2(NCCN2CCS(=O)(=O)CC2)CC1=O. The Balaban J connectivity index is 1.16. The summed E-state index contributed by atoms with van der Waals surface area (Å²) in [6.07, 6.45) is 14.0. The molecule has 0 aromatic carbocycles. The van der Waals surface area contributed by atoms with Gasteiger partial charge < -0.3 is 15.3 Å². The lowest BCUT2D eigenvalue weighted by Crippen LogP contribution is -2.66. The Morgan fingerprint density at radius 3 is 2.29 bits per heavy atom. The van der Waals surface area contributed by atoms with Gasteiger partial charge >= 0.3 is 5.97 Å². The number of carboxylic acids is 1. The largest absolute Gasteiger partial charge is 0.481 e. The van der Waals surface area contributed by atoms with Crippen molar-refractivity contribution in [3.8, 4) is 0 Å². The van der Waals surface area contributed by atoms with Crippen LogP contribution in [0.1, 0.15) is 119 Å². The van der Waals surface area contributed by atoms with E-state index in [0.717, 1.165) is 57.2 Å². The van der Waals surface area contributed by atoms with E-state index >= 15 is 0 Å².